The number of nitrogens with one attached hydrogen (secondary N) is 1. The van der Waals surface area contributed by atoms with Gasteiger partial charge in [0.15, 0.2) is 0 Å². The van der Waals surface area contributed by atoms with Gasteiger partial charge in [-0.15, -0.1) is 0 Å². The van der Waals surface area contributed by atoms with Crippen LogP contribution in [0.15, 0.2) is 0 Å². The van der Waals surface area contributed by atoms with Gasteiger partial charge in [0.25, 0.3) is 0 Å². The van der Waals surface area contributed by atoms with E-state index in [2.05, 4.69) is 20.3 Å². The van der Waals surface area contributed by atoms with Crippen LogP contribution < -0.4 is 16.2 Å². The minimum absolute atomic E-state index is 0.238. The van der Waals surface area contributed by atoms with Crippen molar-refractivity contribution in [1.82, 2.24) is 9.97 Å². The summed E-state index contributed by atoms with van der Waals surface area (Å²) in [5.41, 5.74) is 3.57. The van der Waals surface area contributed by atoms with Crippen molar-refractivity contribution in [2.24, 2.45) is 11.8 Å². The van der Waals surface area contributed by atoms with Crippen LogP contribution in [0.3, 0.4) is 0 Å². The summed E-state index contributed by atoms with van der Waals surface area (Å²) in [6.07, 6.45) is 2.16. The number of aromatic nitrogens is 2. The largest absolute Gasteiger partial charge is 0.396 e. The minimum atomic E-state index is 0.238. The maximum absolute atomic E-state index is 9.29. The predicted octanol–water partition coefficient (Wildman–Crippen LogP) is 0.588. The van der Waals surface area contributed by atoms with E-state index in [0.717, 1.165) is 37.3 Å². The van der Waals surface area contributed by atoms with Gasteiger partial charge in [-0.25, -0.2) is 15.8 Å². The summed E-state index contributed by atoms with van der Waals surface area (Å²) in [6.45, 7) is 5.88. The second kappa shape index (κ2) is 5.49. The van der Waals surface area contributed by atoms with Gasteiger partial charge in [0.05, 0.1) is 0 Å². The van der Waals surface area contributed by atoms with Crippen molar-refractivity contribution in [3.8, 4) is 0 Å². The lowest BCUT2D eigenvalue weighted by molar-refractivity contribution is 0.208. The lowest BCUT2D eigenvalue weighted by atomic mass is 9.99. The molecule has 0 aromatic carbocycles. The van der Waals surface area contributed by atoms with Crippen LogP contribution in [0.4, 0.5) is 11.6 Å². The third-order valence-electron chi connectivity index (χ3n) is 3.45. The summed E-state index contributed by atoms with van der Waals surface area (Å²) in [4.78, 5) is 11.0. The fourth-order valence-corrected chi connectivity index (χ4v) is 2.47. The van der Waals surface area contributed by atoms with Crippen molar-refractivity contribution in [3.63, 3.8) is 0 Å². The molecule has 0 aliphatic carbocycles. The van der Waals surface area contributed by atoms with Crippen LogP contribution >= 0.6 is 0 Å². The van der Waals surface area contributed by atoms with Crippen molar-refractivity contribution in [3.05, 3.63) is 11.4 Å². The van der Waals surface area contributed by atoms with Crippen LogP contribution in [0, 0.1) is 19.8 Å². The lowest BCUT2D eigenvalue weighted by Crippen LogP contribution is -2.38. The highest BCUT2D eigenvalue weighted by molar-refractivity contribution is 5.58. The highest BCUT2D eigenvalue weighted by Crippen LogP contribution is 2.27. The molecule has 0 bridgehead atoms. The maximum Gasteiger partial charge on any atom is 0.148 e. The molecule has 0 saturated carbocycles. The van der Waals surface area contributed by atoms with Crippen LogP contribution in [0.25, 0.3) is 0 Å². The number of hydrogen-bond acceptors (Lipinski definition) is 6. The number of aliphatic hydroxyl groups is 1. The molecule has 1 fully saturated rings. The monoisotopic (exact) mass is 251 g/mol. The second-order valence-electron chi connectivity index (χ2n) is 4.85. The van der Waals surface area contributed by atoms with Crippen molar-refractivity contribution in [2.45, 2.75) is 26.7 Å². The third kappa shape index (κ3) is 2.54. The normalized spacial score (nSPS) is 20.0. The van der Waals surface area contributed by atoms with E-state index in [1.807, 2.05) is 13.8 Å². The van der Waals surface area contributed by atoms with Gasteiger partial charge in [-0.05, 0) is 32.6 Å². The van der Waals surface area contributed by atoms with Gasteiger partial charge in [-0.3, -0.25) is 0 Å². The first-order valence-corrected chi connectivity index (χ1v) is 6.33. The van der Waals surface area contributed by atoms with E-state index in [1.165, 1.54) is 0 Å². The Bertz CT molecular complexity index is 423. The van der Waals surface area contributed by atoms with E-state index < -0.39 is 0 Å². The summed E-state index contributed by atoms with van der Waals surface area (Å²) >= 11 is 0. The van der Waals surface area contributed by atoms with Crippen LogP contribution in [-0.2, 0) is 0 Å². The fourth-order valence-electron chi connectivity index (χ4n) is 2.47. The number of rotatable bonds is 3. The SMILES string of the molecule is Cc1nc(NN)c(C)c(N2CCCC(CO)C2)n1. The quantitative estimate of drug-likeness (QED) is 0.538. The van der Waals surface area contributed by atoms with Crippen LogP contribution in [-0.4, -0.2) is 34.8 Å². The Morgan fingerprint density at radius 1 is 1.44 bits per heavy atom. The Balaban J connectivity index is 2.29. The predicted molar refractivity (Wildman–Crippen MR) is 71.3 cm³/mol. The molecule has 100 valence electrons. The fraction of sp³-hybridized carbons (Fsp3) is 0.667. The molecule has 1 saturated heterocycles. The number of hydrogen-bond donors (Lipinski definition) is 3. The molecule has 1 aromatic heterocycles. The Hall–Kier alpha value is -1.40. The third-order valence-corrected chi connectivity index (χ3v) is 3.45. The number of anilines is 2. The standard InChI is InChI=1S/C12H21N5O/c1-8-11(16-13)14-9(2)15-12(8)17-5-3-4-10(6-17)7-18/h10,18H,3-7,13H2,1-2H3,(H,14,15,16). The molecule has 1 aromatic rings. The molecule has 2 rings (SSSR count). The molecule has 4 N–H and O–H groups in total. The summed E-state index contributed by atoms with van der Waals surface area (Å²) in [6, 6.07) is 0. The van der Waals surface area contributed by atoms with E-state index in [-0.39, 0.29) is 6.61 Å². The first kappa shape index (κ1) is 13.0. The van der Waals surface area contributed by atoms with Gasteiger partial charge in [-0.1, -0.05) is 0 Å². The molecule has 6 nitrogen and oxygen atoms in total. The first-order valence-electron chi connectivity index (χ1n) is 6.33. The molecule has 0 radical (unpaired) electrons. The first-order chi connectivity index (χ1) is 8.65. The maximum atomic E-state index is 9.29. The zero-order valence-corrected chi connectivity index (χ0v) is 11.0. The lowest BCUT2D eigenvalue weighted by Gasteiger charge is -2.33. The zero-order chi connectivity index (χ0) is 13.1. The highest BCUT2D eigenvalue weighted by Gasteiger charge is 2.22. The van der Waals surface area contributed by atoms with Crippen molar-refractivity contribution < 1.29 is 5.11 Å². The number of aryl methyl sites for hydroxylation is 1. The van der Waals surface area contributed by atoms with Gasteiger partial charge >= 0.3 is 0 Å². The molecule has 0 spiro atoms. The Labute approximate surface area is 107 Å². The number of aliphatic hydroxyl groups excluding tert-OH is 1. The van der Waals surface area contributed by atoms with Gasteiger partial charge in [0.2, 0.25) is 0 Å². The Morgan fingerprint density at radius 3 is 2.89 bits per heavy atom. The Kier molecular flexibility index (Phi) is 3.98. The molecule has 2 heterocycles. The molecular formula is C12H21N5O. The summed E-state index contributed by atoms with van der Waals surface area (Å²) < 4.78 is 0. The number of nitrogens with zero attached hydrogens (tertiary/aromatic N) is 3. The van der Waals surface area contributed by atoms with E-state index in [0.29, 0.717) is 17.6 Å². The number of nitrogens with two attached hydrogens (primary N) is 1. The smallest absolute Gasteiger partial charge is 0.148 e. The second-order valence-corrected chi connectivity index (χ2v) is 4.85. The van der Waals surface area contributed by atoms with E-state index in [9.17, 15) is 5.11 Å². The topological polar surface area (TPSA) is 87.3 Å². The van der Waals surface area contributed by atoms with E-state index in [1.54, 1.807) is 0 Å². The van der Waals surface area contributed by atoms with Gasteiger partial charge in [0.1, 0.15) is 17.5 Å². The van der Waals surface area contributed by atoms with Gasteiger partial charge in [-0.2, -0.15) is 0 Å². The van der Waals surface area contributed by atoms with Crippen molar-refractivity contribution in [1.29, 1.82) is 0 Å². The van der Waals surface area contributed by atoms with Gasteiger partial charge < -0.3 is 15.4 Å². The molecule has 1 aliphatic rings. The molecule has 6 heteroatoms. The average Bonchev–Trinajstić information content (AvgIpc) is 2.41. The molecule has 18 heavy (non-hydrogen) atoms. The number of piperidine rings is 1. The average molecular weight is 251 g/mol. The number of nitrogen functional groups attached to an aromatic ring is 1. The zero-order valence-electron chi connectivity index (χ0n) is 11.0. The Morgan fingerprint density at radius 2 is 2.22 bits per heavy atom. The summed E-state index contributed by atoms with van der Waals surface area (Å²) in [7, 11) is 0. The summed E-state index contributed by atoms with van der Waals surface area (Å²) in [5.74, 6) is 8.11. The highest BCUT2D eigenvalue weighted by atomic mass is 16.3. The van der Waals surface area contributed by atoms with Crippen molar-refractivity contribution in [2.75, 3.05) is 30.0 Å². The summed E-state index contributed by atoms with van der Waals surface area (Å²) in [5, 5.41) is 9.29. The van der Waals surface area contributed by atoms with Crippen LogP contribution in [0.5, 0.6) is 0 Å². The van der Waals surface area contributed by atoms with Crippen LogP contribution in [0.2, 0.25) is 0 Å². The van der Waals surface area contributed by atoms with E-state index in [4.69, 9.17) is 5.84 Å². The van der Waals surface area contributed by atoms with Gasteiger partial charge in [0, 0.05) is 25.3 Å². The minimum Gasteiger partial charge on any atom is -0.396 e. The molecule has 1 unspecified atom stereocenters. The molecule has 0 amide bonds. The number of hydrazine groups is 1. The van der Waals surface area contributed by atoms with E-state index >= 15 is 0 Å². The molecule has 1 aliphatic heterocycles. The molecular weight excluding hydrogens is 230 g/mol. The van der Waals surface area contributed by atoms with Crippen LogP contribution in [0.1, 0.15) is 24.2 Å². The van der Waals surface area contributed by atoms with Crippen molar-refractivity contribution >= 4 is 11.6 Å². The molecule has 1 atom stereocenters.